The summed E-state index contributed by atoms with van der Waals surface area (Å²) >= 11 is 0. The third kappa shape index (κ3) is 5.52. The average molecular weight is 359 g/mol. The molecule has 2 rings (SSSR count). The summed E-state index contributed by atoms with van der Waals surface area (Å²) in [7, 11) is 0. The number of rotatable bonds is 9. The van der Waals surface area contributed by atoms with Crippen LogP contribution in [0.1, 0.15) is 60.3 Å². The number of unbranched alkanes of at least 4 members (excludes halogenated alkanes) is 2. The first-order valence-corrected chi connectivity index (χ1v) is 9.71. The standard InChI is InChI=1S/C22H32NO3/c1-6-8-12-25-17-10-11-18-19(14-17)20(26-13-9-7-2)15-23(21(18)24)16-22(3,4)5/h10-11,14H,6-9,12-13,16H2,1-5H3. The predicted octanol–water partition coefficient (Wildman–Crippen LogP) is 5.21. The first-order chi connectivity index (χ1) is 12.4. The van der Waals surface area contributed by atoms with Gasteiger partial charge in [0, 0.05) is 11.9 Å². The number of fused-ring (bicyclic) bond motifs is 1. The molecule has 0 unspecified atom stereocenters. The van der Waals surface area contributed by atoms with E-state index in [1.54, 1.807) is 4.57 Å². The van der Waals surface area contributed by atoms with Gasteiger partial charge in [0.15, 0.2) is 5.75 Å². The lowest BCUT2D eigenvalue weighted by atomic mass is 9.96. The molecule has 0 saturated carbocycles. The minimum atomic E-state index is -0.0297. The summed E-state index contributed by atoms with van der Waals surface area (Å²) in [6.07, 6.45) is 7.32. The second kappa shape index (κ2) is 9.11. The smallest absolute Gasteiger partial charge is 0.259 e. The van der Waals surface area contributed by atoms with Crippen LogP contribution in [0.5, 0.6) is 11.5 Å². The molecule has 0 fully saturated rings. The van der Waals surface area contributed by atoms with Gasteiger partial charge in [0.2, 0.25) is 0 Å². The number of benzene rings is 1. The predicted molar refractivity (Wildman–Crippen MR) is 107 cm³/mol. The third-order valence-electron chi connectivity index (χ3n) is 4.09. The molecular weight excluding hydrogens is 326 g/mol. The Morgan fingerprint density at radius 3 is 2.27 bits per heavy atom. The van der Waals surface area contributed by atoms with Gasteiger partial charge in [-0.3, -0.25) is 4.79 Å². The van der Waals surface area contributed by atoms with Crippen molar-refractivity contribution in [2.75, 3.05) is 13.2 Å². The number of aromatic nitrogens is 1. The molecule has 4 nitrogen and oxygen atoms in total. The van der Waals surface area contributed by atoms with E-state index < -0.39 is 0 Å². The SMILES string of the molecule is CCCCOc1ccc2c(=O)n(CC(C)(C)C)[c]c(OCCCC)c2c1. The van der Waals surface area contributed by atoms with Crippen molar-refractivity contribution in [1.82, 2.24) is 4.57 Å². The van der Waals surface area contributed by atoms with Crippen molar-refractivity contribution in [2.24, 2.45) is 5.41 Å². The highest BCUT2D eigenvalue weighted by molar-refractivity contribution is 5.88. The van der Waals surface area contributed by atoms with Crippen molar-refractivity contribution in [1.29, 1.82) is 0 Å². The summed E-state index contributed by atoms with van der Waals surface area (Å²) in [5, 5.41) is 1.44. The van der Waals surface area contributed by atoms with Crippen LogP contribution in [0, 0.1) is 11.6 Å². The van der Waals surface area contributed by atoms with E-state index in [2.05, 4.69) is 40.8 Å². The zero-order chi connectivity index (χ0) is 19.2. The van der Waals surface area contributed by atoms with Crippen LogP contribution >= 0.6 is 0 Å². The van der Waals surface area contributed by atoms with Gasteiger partial charge in [0.25, 0.3) is 5.56 Å². The lowest BCUT2D eigenvalue weighted by Gasteiger charge is -2.21. The molecule has 4 heteroatoms. The summed E-state index contributed by atoms with van der Waals surface area (Å²) in [5.41, 5.74) is -0.0457. The molecule has 2 aromatic rings. The summed E-state index contributed by atoms with van der Waals surface area (Å²) in [6, 6.07) is 5.63. The van der Waals surface area contributed by atoms with Gasteiger partial charge in [-0.25, -0.2) is 0 Å². The van der Waals surface area contributed by atoms with Gasteiger partial charge in [-0.1, -0.05) is 47.5 Å². The van der Waals surface area contributed by atoms with Gasteiger partial charge in [0.05, 0.1) is 18.6 Å². The molecule has 1 aromatic heterocycles. The number of pyridine rings is 1. The van der Waals surface area contributed by atoms with E-state index in [0.717, 1.165) is 36.8 Å². The molecule has 1 heterocycles. The Hall–Kier alpha value is -1.97. The molecule has 0 saturated heterocycles. The maximum absolute atomic E-state index is 12.9. The van der Waals surface area contributed by atoms with Gasteiger partial charge in [-0.05, 0) is 36.5 Å². The summed E-state index contributed by atoms with van der Waals surface area (Å²) in [5.74, 6) is 1.41. The Labute approximate surface area is 157 Å². The number of nitrogens with zero attached hydrogens (tertiary/aromatic N) is 1. The molecular formula is C22H32NO3. The van der Waals surface area contributed by atoms with Crippen LogP contribution in [0.4, 0.5) is 0 Å². The quantitative estimate of drug-likeness (QED) is 0.578. The van der Waals surface area contributed by atoms with Crippen LogP contribution in [-0.2, 0) is 6.54 Å². The van der Waals surface area contributed by atoms with Crippen molar-refractivity contribution in [2.45, 2.75) is 66.8 Å². The average Bonchev–Trinajstić information content (AvgIpc) is 2.58. The molecule has 0 aliphatic carbocycles. The minimum absolute atomic E-state index is 0.0160. The lowest BCUT2D eigenvalue weighted by Crippen LogP contribution is -2.27. The Kier molecular flexibility index (Phi) is 7.13. The fourth-order valence-electron chi connectivity index (χ4n) is 2.72. The molecule has 0 N–H and O–H groups in total. The monoisotopic (exact) mass is 358 g/mol. The molecule has 0 aliphatic rings. The Morgan fingerprint density at radius 1 is 1.00 bits per heavy atom. The minimum Gasteiger partial charge on any atom is -0.494 e. The molecule has 0 bridgehead atoms. The van der Waals surface area contributed by atoms with Crippen molar-refractivity contribution in [3.8, 4) is 11.5 Å². The molecule has 0 aliphatic heterocycles. The second-order valence-corrected chi connectivity index (χ2v) is 8.00. The first kappa shape index (κ1) is 20.3. The fourth-order valence-corrected chi connectivity index (χ4v) is 2.72. The van der Waals surface area contributed by atoms with Gasteiger partial charge >= 0.3 is 0 Å². The van der Waals surface area contributed by atoms with Gasteiger partial charge in [0.1, 0.15) is 11.9 Å². The Balaban J connectivity index is 2.46. The van der Waals surface area contributed by atoms with Crippen LogP contribution in [0.25, 0.3) is 10.8 Å². The Bertz CT molecular complexity index is 771. The van der Waals surface area contributed by atoms with Gasteiger partial charge in [-0.2, -0.15) is 0 Å². The second-order valence-electron chi connectivity index (χ2n) is 8.00. The lowest BCUT2D eigenvalue weighted by molar-refractivity contribution is 0.299. The highest BCUT2D eigenvalue weighted by atomic mass is 16.5. The highest BCUT2D eigenvalue weighted by Gasteiger charge is 2.17. The van der Waals surface area contributed by atoms with Crippen LogP contribution in [0.15, 0.2) is 23.0 Å². The first-order valence-electron chi connectivity index (χ1n) is 9.71. The van der Waals surface area contributed by atoms with Crippen molar-refractivity contribution < 1.29 is 9.47 Å². The van der Waals surface area contributed by atoms with E-state index >= 15 is 0 Å². The maximum Gasteiger partial charge on any atom is 0.259 e. The van der Waals surface area contributed by atoms with E-state index in [-0.39, 0.29) is 11.0 Å². The van der Waals surface area contributed by atoms with E-state index in [4.69, 9.17) is 9.47 Å². The van der Waals surface area contributed by atoms with Gasteiger partial charge < -0.3 is 14.0 Å². The van der Waals surface area contributed by atoms with E-state index in [1.165, 1.54) is 0 Å². The molecule has 0 atom stereocenters. The largest absolute Gasteiger partial charge is 0.494 e. The number of ether oxygens (including phenoxy) is 2. The third-order valence-corrected chi connectivity index (χ3v) is 4.09. The fraction of sp³-hybridized carbons (Fsp3) is 0.591. The molecule has 0 amide bonds. The van der Waals surface area contributed by atoms with Crippen molar-refractivity contribution in [3.05, 3.63) is 34.7 Å². The molecule has 1 aromatic carbocycles. The van der Waals surface area contributed by atoms with Crippen LogP contribution in [-0.4, -0.2) is 17.8 Å². The zero-order valence-corrected chi connectivity index (χ0v) is 16.9. The number of hydrogen-bond acceptors (Lipinski definition) is 3. The van der Waals surface area contributed by atoms with E-state index in [1.807, 2.05) is 18.2 Å². The zero-order valence-electron chi connectivity index (χ0n) is 16.9. The van der Waals surface area contributed by atoms with E-state index in [9.17, 15) is 4.79 Å². The van der Waals surface area contributed by atoms with Crippen molar-refractivity contribution in [3.63, 3.8) is 0 Å². The van der Waals surface area contributed by atoms with Crippen LogP contribution in [0.3, 0.4) is 0 Å². The van der Waals surface area contributed by atoms with Crippen LogP contribution < -0.4 is 15.0 Å². The topological polar surface area (TPSA) is 40.5 Å². The molecule has 26 heavy (non-hydrogen) atoms. The normalized spacial score (nSPS) is 11.7. The van der Waals surface area contributed by atoms with E-state index in [0.29, 0.717) is 30.9 Å². The molecule has 1 radical (unpaired) electrons. The van der Waals surface area contributed by atoms with Crippen molar-refractivity contribution >= 4 is 10.8 Å². The summed E-state index contributed by atoms with van der Waals surface area (Å²) in [6.45, 7) is 12.5. The highest BCUT2D eigenvalue weighted by Crippen LogP contribution is 2.28. The van der Waals surface area contributed by atoms with Gasteiger partial charge in [-0.15, -0.1) is 0 Å². The van der Waals surface area contributed by atoms with Crippen LogP contribution in [0.2, 0.25) is 0 Å². The summed E-state index contributed by atoms with van der Waals surface area (Å²) in [4.78, 5) is 12.9. The molecule has 0 spiro atoms. The maximum atomic E-state index is 12.9. The molecule has 143 valence electrons. The number of hydrogen-bond donors (Lipinski definition) is 0. The Morgan fingerprint density at radius 2 is 1.65 bits per heavy atom. The summed E-state index contributed by atoms with van der Waals surface area (Å²) < 4.78 is 13.4.